The lowest BCUT2D eigenvalue weighted by molar-refractivity contribution is -0.122. The maximum absolute atomic E-state index is 11.4. The van der Waals surface area contributed by atoms with Gasteiger partial charge < -0.3 is 15.8 Å². The first-order chi connectivity index (χ1) is 9.54. The summed E-state index contributed by atoms with van der Waals surface area (Å²) in [6.07, 6.45) is 1.90. The van der Waals surface area contributed by atoms with Crippen molar-refractivity contribution in [2.75, 3.05) is 6.61 Å². The summed E-state index contributed by atoms with van der Waals surface area (Å²) in [7, 11) is 0. The van der Waals surface area contributed by atoms with Crippen LogP contribution in [-0.4, -0.2) is 30.5 Å². The fourth-order valence-electron chi connectivity index (χ4n) is 1.48. The highest BCUT2D eigenvalue weighted by Crippen LogP contribution is 2.18. The van der Waals surface area contributed by atoms with E-state index in [1.165, 1.54) is 24.3 Å². The second kappa shape index (κ2) is 6.05. The van der Waals surface area contributed by atoms with Gasteiger partial charge in [-0.15, -0.1) is 0 Å². The number of hydrogen-bond acceptors (Lipinski definition) is 4. The number of ether oxygens (including phenoxy) is 1. The Bertz CT molecular complexity index is 523. The second-order valence-electron chi connectivity index (χ2n) is 4.47. The number of urea groups is 1. The van der Waals surface area contributed by atoms with Crippen molar-refractivity contribution >= 4 is 17.8 Å². The van der Waals surface area contributed by atoms with E-state index in [-0.39, 0.29) is 12.6 Å². The van der Waals surface area contributed by atoms with Gasteiger partial charge in [0, 0.05) is 11.6 Å². The summed E-state index contributed by atoms with van der Waals surface area (Å²) in [6, 6.07) is 5.72. The molecule has 0 aromatic heterocycles. The number of carbonyl (C=O) groups excluding carboxylic acids is 3. The smallest absolute Gasteiger partial charge is 0.321 e. The Hall–Kier alpha value is -2.57. The lowest BCUT2D eigenvalue weighted by atomic mass is 10.2. The number of amides is 4. The lowest BCUT2D eigenvalue weighted by Gasteiger charge is -2.07. The highest BCUT2D eigenvalue weighted by molar-refractivity contribution is 5.95. The first-order valence-corrected chi connectivity index (χ1v) is 6.17. The van der Waals surface area contributed by atoms with E-state index in [4.69, 9.17) is 10.5 Å². The zero-order chi connectivity index (χ0) is 14.5. The molecule has 0 spiro atoms. The van der Waals surface area contributed by atoms with E-state index in [9.17, 15) is 14.4 Å². The Balaban J connectivity index is 1.74. The zero-order valence-electron chi connectivity index (χ0n) is 10.7. The normalized spacial score (nSPS) is 13.4. The quantitative estimate of drug-likeness (QED) is 0.711. The molecule has 0 bridgehead atoms. The van der Waals surface area contributed by atoms with Gasteiger partial charge in [-0.2, -0.15) is 0 Å². The van der Waals surface area contributed by atoms with E-state index in [1.807, 2.05) is 0 Å². The third-order valence-electron chi connectivity index (χ3n) is 2.67. The number of nitrogens with one attached hydrogen (secondary N) is 2. The van der Waals surface area contributed by atoms with Crippen molar-refractivity contribution in [3.05, 3.63) is 29.8 Å². The van der Waals surface area contributed by atoms with Gasteiger partial charge in [0.15, 0.2) is 6.61 Å². The van der Waals surface area contributed by atoms with Crippen molar-refractivity contribution in [2.24, 2.45) is 5.73 Å². The van der Waals surface area contributed by atoms with Crippen LogP contribution in [-0.2, 0) is 4.79 Å². The lowest BCUT2D eigenvalue weighted by Crippen LogP contribution is -2.42. The summed E-state index contributed by atoms with van der Waals surface area (Å²) < 4.78 is 5.18. The molecule has 0 radical (unpaired) electrons. The standard InChI is InChI=1S/C13H15N3O4/c14-12(18)8-1-5-10(6-2-8)20-7-11(17)16-13(19)15-9-3-4-9/h1-2,5-6,9H,3-4,7H2,(H2,14,18)(H2,15,16,17,19). The monoisotopic (exact) mass is 277 g/mol. The summed E-state index contributed by atoms with van der Waals surface area (Å²) in [5.41, 5.74) is 5.45. The topological polar surface area (TPSA) is 111 Å². The Labute approximate surface area is 115 Å². The molecule has 7 heteroatoms. The predicted octanol–water partition coefficient (Wildman–Crippen LogP) is 0.153. The third kappa shape index (κ3) is 4.27. The molecule has 0 unspecified atom stereocenters. The maximum atomic E-state index is 11.4. The van der Waals surface area contributed by atoms with E-state index in [2.05, 4.69) is 10.6 Å². The summed E-state index contributed by atoms with van der Waals surface area (Å²) in [5.74, 6) is -0.666. The minimum atomic E-state index is -0.540. The minimum Gasteiger partial charge on any atom is -0.484 e. The second-order valence-corrected chi connectivity index (χ2v) is 4.47. The van der Waals surface area contributed by atoms with Crippen molar-refractivity contribution < 1.29 is 19.1 Å². The molecule has 4 N–H and O–H groups in total. The van der Waals surface area contributed by atoms with Crippen LogP contribution in [0.4, 0.5) is 4.79 Å². The van der Waals surface area contributed by atoms with Crippen molar-refractivity contribution in [2.45, 2.75) is 18.9 Å². The largest absolute Gasteiger partial charge is 0.484 e. The highest BCUT2D eigenvalue weighted by Gasteiger charge is 2.23. The van der Waals surface area contributed by atoms with Crippen LogP contribution in [0.2, 0.25) is 0 Å². The van der Waals surface area contributed by atoms with Crippen LogP contribution in [0.1, 0.15) is 23.2 Å². The third-order valence-corrected chi connectivity index (χ3v) is 2.67. The van der Waals surface area contributed by atoms with Crippen LogP contribution in [0.25, 0.3) is 0 Å². The average Bonchev–Trinajstić information content (AvgIpc) is 3.20. The van der Waals surface area contributed by atoms with E-state index in [1.54, 1.807) is 0 Å². The van der Waals surface area contributed by atoms with Crippen LogP contribution in [0.15, 0.2) is 24.3 Å². The van der Waals surface area contributed by atoms with Gasteiger partial charge in [0.05, 0.1) is 0 Å². The van der Waals surface area contributed by atoms with E-state index < -0.39 is 17.8 Å². The van der Waals surface area contributed by atoms with Gasteiger partial charge in [-0.3, -0.25) is 14.9 Å². The highest BCUT2D eigenvalue weighted by atomic mass is 16.5. The fourth-order valence-corrected chi connectivity index (χ4v) is 1.48. The molecule has 1 saturated carbocycles. The molecule has 0 atom stereocenters. The molecule has 106 valence electrons. The zero-order valence-corrected chi connectivity index (χ0v) is 10.7. The molecule has 0 saturated heterocycles. The van der Waals surface area contributed by atoms with Crippen LogP contribution in [0, 0.1) is 0 Å². The number of rotatable bonds is 5. The van der Waals surface area contributed by atoms with E-state index >= 15 is 0 Å². The van der Waals surface area contributed by atoms with Gasteiger partial charge in [-0.25, -0.2) is 4.79 Å². The summed E-state index contributed by atoms with van der Waals surface area (Å²) in [5, 5.41) is 4.79. The molecule has 0 aliphatic heterocycles. The summed E-state index contributed by atoms with van der Waals surface area (Å²) >= 11 is 0. The Morgan fingerprint density at radius 2 is 1.85 bits per heavy atom. The van der Waals surface area contributed by atoms with Crippen molar-refractivity contribution in [1.29, 1.82) is 0 Å². The van der Waals surface area contributed by atoms with Gasteiger partial charge >= 0.3 is 6.03 Å². The van der Waals surface area contributed by atoms with Gasteiger partial charge in [0.25, 0.3) is 5.91 Å². The van der Waals surface area contributed by atoms with Gasteiger partial charge in [0.1, 0.15) is 5.75 Å². The number of carbonyl (C=O) groups is 3. The molecular weight excluding hydrogens is 262 g/mol. The summed E-state index contributed by atoms with van der Waals surface area (Å²) in [6.45, 7) is -0.284. The van der Waals surface area contributed by atoms with Gasteiger partial charge in [0.2, 0.25) is 5.91 Å². The SMILES string of the molecule is NC(=O)c1ccc(OCC(=O)NC(=O)NC2CC2)cc1. The van der Waals surface area contributed by atoms with Crippen molar-refractivity contribution in [3.63, 3.8) is 0 Å². The average molecular weight is 277 g/mol. The van der Waals surface area contributed by atoms with Crippen LogP contribution in [0.3, 0.4) is 0 Å². The minimum absolute atomic E-state index is 0.185. The number of primary amides is 1. The molecule has 20 heavy (non-hydrogen) atoms. The molecule has 1 aliphatic carbocycles. The Morgan fingerprint density at radius 1 is 1.20 bits per heavy atom. The molecular formula is C13H15N3O4. The number of imide groups is 1. The Kier molecular flexibility index (Phi) is 4.19. The molecule has 2 rings (SSSR count). The van der Waals surface area contributed by atoms with Gasteiger partial charge in [-0.05, 0) is 37.1 Å². The van der Waals surface area contributed by atoms with E-state index in [0.29, 0.717) is 11.3 Å². The Morgan fingerprint density at radius 3 is 2.40 bits per heavy atom. The molecule has 1 aromatic rings. The molecule has 1 fully saturated rings. The van der Waals surface area contributed by atoms with Crippen molar-refractivity contribution in [1.82, 2.24) is 10.6 Å². The maximum Gasteiger partial charge on any atom is 0.321 e. The molecule has 0 heterocycles. The molecule has 7 nitrogen and oxygen atoms in total. The van der Waals surface area contributed by atoms with E-state index in [0.717, 1.165) is 12.8 Å². The predicted molar refractivity (Wildman–Crippen MR) is 70.2 cm³/mol. The van der Waals surface area contributed by atoms with Crippen LogP contribution >= 0.6 is 0 Å². The molecule has 1 aromatic carbocycles. The number of hydrogen-bond donors (Lipinski definition) is 3. The van der Waals surface area contributed by atoms with Crippen LogP contribution < -0.4 is 21.1 Å². The summed E-state index contributed by atoms with van der Waals surface area (Å²) in [4.78, 5) is 33.6. The van der Waals surface area contributed by atoms with Gasteiger partial charge in [-0.1, -0.05) is 0 Å². The van der Waals surface area contributed by atoms with Crippen LogP contribution in [0.5, 0.6) is 5.75 Å². The molecule has 4 amide bonds. The van der Waals surface area contributed by atoms with Crippen molar-refractivity contribution in [3.8, 4) is 5.75 Å². The first-order valence-electron chi connectivity index (χ1n) is 6.17. The number of nitrogens with two attached hydrogens (primary N) is 1. The molecule has 1 aliphatic rings. The fraction of sp³-hybridized carbons (Fsp3) is 0.308. The first kappa shape index (κ1) is 13.9. The number of benzene rings is 1.